The summed E-state index contributed by atoms with van der Waals surface area (Å²) in [6.45, 7) is -2.85. The molecule has 4 aromatic heterocycles. The Labute approximate surface area is 443 Å². The van der Waals surface area contributed by atoms with Crippen LogP contribution in [0.4, 0.5) is 55.8 Å². The molecule has 0 aliphatic carbocycles. The van der Waals surface area contributed by atoms with E-state index in [-0.39, 0.29) is 54.6 Å². The SMILES string of the molecule is COc1cnc(OC)n2nc(N(C(=O)c3ccccc3)S(=O)(=O)c3c(OCC(F)F)cccc3C(F)(F)F)nc12.COc1cnc(OC)n2nc(N(C(=O)c3ccccc3)S(=O)(=O)c3c(OCC(F)F)cccc3C(F)(F)F)nc12. The highest BCUT2D eigenvalue weighted by atomic mass is 32.2. The normalized spacial score (nSPS) is 12.0. The van der Waals surface area contributed by atoms with E-state index in [1.165, 1.54) is 89.1 Å². The lowest BCUT2D eigenvalue weighted by molar-refractivity contribution is -0.140. The molecule has 0 radical (unpaired) electrons. The number of alkyl halides is 10. The number of carbonyl (C=O) groups is 2. The summed E-state index contributed by atoms with van der Waals surface area (Å²) in [5.74, 6) is -6.81. The molecule has 34 heteroatoms. The van der Waals surface area contributed by atoms with Crippen molar-refractivity contribution in [3.63, 3.8) is 0 Å². The van der Waals surface area contributed by atoms with E-state index in [4.69, 9.17) is 28.4 Å². The predicted molar refractivity (Wildman–Crippen MR) is 255 cm³/mol. The second-order valence-corrected chi connectivity index (χ2v) is 18.9. The van der Waals surface area contributed by atoms with Gasteiger partial charge in [0.15, 0.2) is 11.5 Å². The Morgan fingerprint density at radius 1 is 0.512 bits per heavy atom. The maximum atomic E-state index is 14.1. The maximum absolute atomic E-state index is 14.1. The molecule has 0 aliphatic rings. The van der Waals surface area contributed by atoms with Crippen LogP contribution in [-0.4, -0.2) is 122 Å². The van der Waals surface area contributed by atoms with Gasteiger partial charge >= 0.3 is 24.4 Å². The van der Waals surface area contributed by atoms with Crippen LogP contribution in [0.2, 0.25) is 0 Å². The number of rotatable bonds is 18. The summed E-state index contributed by atoms with van der Waals surface area (Å²) in [5, 5.41) is 7.90. The van der Waals surface area contributed by atoms with E-state index in [1.807, 2.05) is 0 Å². The first kappa shape index (κ1) is 58.6. The molecule has 0 bridgehead atoms. The molecule has 0 saturated heterocycles. The van der Waals surface area contributed by atoms with E-state index < -0.39 is 115 Å². The van der Waals surface area contributed by atoms with Crippen molar-refractivity contribution in [2.45, 2.75) is 35.0 Å². The van der Waals surface area contributed by atoms with E-state index in [9.17, 15) is 70.3 Å². The molecule has 0 spiro atoms. The highest BCUT2D eigenvalue weighted by Crippen LogP contribution is 2.43. The van der Waals surface area contributed by atoms with E-state index in [2.05, 4.69) is 30.1 Å². The third-order valence-electron chi connectivity index (χ3n) is 10.5. The molecule has 8 rings (SSSR count). The summed E-state index contributed by atoms with van der Waals surface area (Å²) < 4.78 is 224. The average molecular weight is 1170 g/mol. The molecule has 22 nitrogen and oxygen atoms in total. The summed E-state index contributed by atoms with van der Waals surface area (Å²) >= 11 is 0. The minimum absolute atomic E-state index is 0.0549. The number of ether oxygens (including phenoxy) is 6. The smallest absolute Gasteiger partial charge is 0.417 e. The van der Waals surface area contributed by atoms with Crippen LogP contribution in [-0.2, 0) is 32.4 Å². The number of hydrogen-bond donors (Lipinski definition) is 0. The van der Waals surface area contributed by atoms with Crippen molar-refractivity contribution < 1.29 is 98.7 Å². The Hall–Kier alpha value is -9.08. The number of nitrogens with zero attached hydrogens (tertiary/aromatic N) is 10. The molecule has 0 saturated carbocycles. The molecule has 4 heterocycles. The number of hydrogen-bond acceptors (Lipinski definition) is 18. The Bertz CT molecular complexity index is 3460. The number of aromatic nitrogens is 8. The topological polar surface area (TPSA) is 250 Å². The van der Waals surface area contributed by atoms with E-state index in [0.717, 1.165) is 45.7 Å². The largest absolute Gasteiger partial charge is 0.491 e. The average Bonchev–Trinajstić information content (AvgIpc) is 4.13. The van der Waals surface area contributed by atoms with Gasteiger partial charge in [0.1, 0.15) is 34.5 Å². The number of methoxy groups -OCH3 is 4. The highest BCUT2D eigenvalue weighted by Gasteiger charge is 2.47. The zero-order chi connectivity index (χ0) is 58.5. The third-order valence-corrected chi connectivity index (χ3v) is 13.9. The molecule has 80 heavy (non-hydrogen) atoms. The molecule has 0 N–H and O–H groups in total. The van der Waals surface area contributed by atoms with Gasteiger partial charge in [-0.1, -0.05) is 48.5 Å². The fraction of sp³-hybridized carbons (Fsp3) is 0.217. The van der Waals surface area contributed by atoms with E-state index >= 15 is 0 Å². The summed E-state index contributed by atoms with van der Waals surface area (Å²) in [6.07, 6.45) is -14.6. The second kappa shape index (κ2) is 23.5. The first-order chi connectivity index (χ1) is 37.8. The first-order valence-corrected chi connectivity index (χ1v) is 24.9. The molecule has 0 atom stereocenters. The van der Waals surface area contributed by atoms with Crippen molar-refractivity contribution in [3.8, 4) is 35.0 Å². The number of halogens is 10. The number of sulfonamides is 2. The standard InChI is InChI=1S/2C23H18F5N5O6S/c2*1-37-16-11-29-22(38-2)32-19(16)30-21(31-32)33(20(34)13-7-4-3-5-8-13)40(35,36)18-14(23(26,27)28)9-6-10-15(18)39-12-17(24)25/h2*3-11,17H,12H2,1-2H3. The number of amides is 2. The summed E-state index contributed by atoms with van der Waals surface area (Å²) in [7, 11) is -6.39. The molecular formula is C46H36F10N10O12S2. The predicted octanol–water partition coefficient (Wildman–Crippen LogP) is 7.68. The van der Waals surface area contributed by atoms with Crippen LogP contribution in [0.15, 0.2) is 119 Å². The van der Waals surface area contributed by atoms with Crippen LogP contribution in [0.25, 0.3) is 11.3 Å². The van der Waals surface area contributed by atoms with Crippen molar-refractivity contribution in [2.24, 2.45) is 0 Å². The molecule has 2 amide bonds. The highest BCUT2D eigenvalue weighted by molar-refractivity contribution is 7.94. The monoisotopic (exact) mass is 1170 g/mol. The molecule has 0 aliphatic heterocycles. The fourth-order valence-corrected chi connectivity index (χ4v) is 10.4. The van der Waals surface area contributed by atoms with Crippen LogP contribution in [0.5, 0.6) is 35.0 Å². The van der Waals surface area contributed by atoms with E-state index in [1.54, 1.807) is 0 Å². The summed E-state index contributed by atoms with van der Waals surface area (Å²) in [6, 6.07) is 16.7. The summed E-state index contributed by atoms with van der Waals surface area (Å²) in [4.78, 5) is 39.9. The fourth-order valence-electron chi connectivity index (χ4n) is 7.12. The van der Waals surface area contributed by atoms with Gasteiger partial charge in [0.05, 0.1) is 52.0 Å². The molecule has 0 fully saturated rings. The van der Waals surface area contributed by atoms with Crippen molar-refractivity contribution >= 4 is 55.1 Å². The van der Waals surface area contributed by atoms with Gasteiger partial charge in [-0.05, 0) is 48.5 Å². The van der Waals surface area contributed by atoms with Gasteiger partial charge in [0.25, 0.3) is 56.6 Å². The van der Waals surface area contributed by atoms with Gasteiger partial charge in [-0.25, -0.2) is 34.4 Å². The van der Waals surface area contributed by atoms with Crippen molar-refractivity contribution in [2.75, 3.05) is 50.3 Å². The third kappa shape index (κ3) is 12.0. The van der Waals surface area contributed by atoms with Crippen LogP contribution in [0, 0.1) is 0 Å². The molecule has 4 aromatic carbocycles. The van der Waals surface area contributed by atoms with Gasteiger partial charge in [-0.15, -0.1) is 10.2 Å². The van der Waals surface area contributed by atoms with Crippen LogP contribution in [0.3, 0.4) is 0 Å². The molecule has 8 aromatic rings. The Balaban J connectivity index is 0.000000231. The Morgan fingerprint density at radius 3 is 1.16 bits per heavy atom. The van der Waals surface area contributed by atoms with Gasteiger partial charge in [0, 0.05) is 11.1 Å². The zero-order valence-corrected chi connectivity index (χ0v) is 42.6. The van der Waals surface area contributed by atoms with Crippen LogP contribution < -0.4 is 37.0 Å². The van der Waals surface area contributed by atoms with E-state index in [0.29, 0.717) is 12.1 Å². The minimum atomic E-state index is -5.63. The number of anilines is 2. The van der Waals surface area contributed by atoms with Crippen molar-refractivity contribution in [1.29, 1.82) is 0 Å². The summed E-state index contributed by atoms with van der Waals surface area (Å²) in [5.41, 5.74) is -4.51. The van der Waals surface area contributed by atoms with Gasteiger partial charge in [-0.3, -0.25) is 9.59 Å². The minimum Gasteiger partial charge on any atom is -0.491 e. The van der Waals surface area contributed by atoms with Crippen molar-refractivity contribution in [1.82, 2.24) is 39.2 Å². The Kier molecular flexibility index (Phi) is 17.2. The van der Waals surface area contributed by atoms with Crippen molar-refractivity contribution in [3.05, 3.63) is 132 Å². The van der Waals surface area contributed by atoms with Gasteiger partial charge in [0.2, 0.25) is 11.3 Å². The van der Waals surface area contributed by atoms with Gasteiger partial charge in [-0.2, -0.15) is 63.9 Å². The zero-order valence-electron chi connectivity index (χ0n) is 40.9. The van der Waals surface area contributed by atoms with Crippen LogP contribution in [0.1, 0.15) is 31.8 Å². The number of benzene rings is 4. The first-order valence-electron chi connectivity index (χ1n) is 22.0. The maximum Gasteiger partial charge on any atom is 0.417 e. The number of carbonyl (C=O) groups excluding carboxylic acids is 2. The molecule has 424 valence electrons. The Morgan fingerprint density at radius 2 is 0.863 bits per heavy atom. The number of fused-ring (bicyclic) bond motifs is 2. The second-order valence-electron chi connectivity index (χ2n) is 15.5. The van der Waals surface area contributed by atoms with Crippen LogP contribution >= 0.6 is 0 Å². The molecular weight excluding hydrogens is 1140 g/mol. The quantitative estimate of drug-likeness (QED) is 0.0747. The molecule has 0 unspecified atom stereocenters. The lowest BCUT2D eigenvalue weighted by Gasteiger charge is -2.23. The lowest BCUT2D eigenvalue weighted by atomic mass is 10.2. The van der Waals surface area contributed by atoms with Gasteiger partial charge < -0.3 is 28.4 Å². The lowest BCUT2D eigenvalue weighted by Crippen LogP contribution is -2.39.